The Morgan fingerprint density at radius 3 is 2.71 bits per heavy atom. The fourth-order valence-electron chi connectivity index (χ4n) is 2.04. The van der Waals surface area contributed by atoms with Crippen LogP contribution < -0.4 is 10.6 Å². The third kappa shape index (κ3) is 4.33. The molecule has 1 aromatic carbocycles. The van der Waals surface area contributed by atoms with E-state index in [9.17, 15) is 23.7 Å². The van der Waals surface area contributed by atoms with Crippen molar-refractivity contribution in [3.05, 3.63) is 39.9 Å². The van der Waals surface area contributed by atoms with E-state index in [1.807, 2.05) is 0 Å². The minimum atomic E-state index is -2.89. The molecule has 2 rings (SSSR count). The predicted octanol–water partition coefficient (Wildman–Crippen LogP) is 1.63. The van der Waals surface area contributed by atoms with E-state index in [-0.39, 0.29) is 24.6 Å². The quantitative estimate of drug-likeness (QED) is 0.652. The number of benzene rings is 1. The minimum absolute atomic E-state index is 0. The molecular weight excluding hydrogens is 308 g/mol. The number of nitro benzene ring substituents is 1. The van der Waals surface area contributed by atoms with E-state index < -0.39 is 35.8 Å². The zero-order valence-corrected chi connectivity index (χ0v) is 11.7. The Morgan fingerprint density at radius 1 is 1.48 bits per heavy atom. The second-order valence-corrected chi connectivity index (χ2v) is 4.60. The van der Waals surface area contributed by atoms with Crippen LogP contribution in [0.5, 0.6) is 0 Å². The van der Waals surface area contributed by atoms with E-state index in [0.29, 0.717) is 5.56 Å². The molecule has 1 heterocycles. The summed E-state index contributed by atoms with van der Waals surface area (Å²) in [5, 5.41) is 15.6. The molecule has 0 aliphatic carbocycles. The molecule has 21 heavy (non-hydrogen) atoms. The zero-order valence-electron chi connectivity index (χ0n) is 10.8. The smallest absolute Gasteiger partial charge is 0.274 e. The Bertz CT molecular complexity index is 542. The van der Waals surface area contributed by atoms with Crippen molar-refractivity contribution in [2.75, 3.05) is 6.54 Å². The highest BCUT2D eigenvalue weighted by molar-refractivity contribution is 5.85. The minimum Gasteiger partial charge on any atom is -0.350 e. The number of rotatable bonds is 4. The van der Waals surface area contributed by atoms with E-state index in [4.69, 9.17) is 0 Å². The summed E-state index contributed by atoms with van der Waals surface area (Å²) in [6.07, 6.45) is -0.560. The summed E-state index contributed by atoms with van der Waals surface area (Å²) in [7, 11) is 0. The molecule has 0 saturated carbocycles. The summed E-state index contributed by atoms with van der Waals surface area (Å²) in [5.41, 5.74) is 0.216. The lowest BCUT2D eigenvalue weighted by molar-refractivity contribution is -0.385. The van der Waals surface area contributed by atoms with E-state index in [1.54, 1.807) is 6.07 Å². The van der Waals surface area contributed by atoms with E-state index in [0.717, 1.165) is 0 Å². The number of amides is 1. The highest BCUT2D eigenvalue weighted by Gasteiger charge is 2.42. The summed E-state index contributed by atoms with van der Waals surface area (Å²) in [4.78, 5) is 21.9. The molecule has 1 unspecified atom stereocenters. The van der Waals surface area contributed by atoms with Crippen LogP contribution in [0, 0.1) is 10.1 Å². The number of alkyl halides is 2. The molecule has 2 N–H and O–H groups in total. The van der Waals surface area contributed by atoms with Crippen molar-refractivity contribution in [1.29, 1.82) is 0 Å². The van der Waals surface area contributed by atoms with Crippen LogP contribution in [0.25, 0.3) is 0 Å². The van der Waals surface area contributed by atoms with Gasteiger partial charge in [0.1, 0.15) is 0 Å². The maximum absolute atomic E-state index is 13.0. The number of hydrogen-bond acceptors (Lipinski definition) is 4. The molecule has 116 valence electrons. The van der Waals surface area contributed by atoms with Crippen LogP contribution in [-0.2, 0) is 11.3 Å². The van der Waals surface area contributed by atoms with Crippen LogP contribution in [0.4, 0.5) is 14.5 Å². The molecule has 9 heteroatoms. The Morgan fingerprint density at radius 2 is 2.14 bits per heavy atom. The summed E-state index contributed by atoms with van der Waals surface area (Å²) in [5.74, 6) is -3.47. The van der Waals surface area contributed by atoms with E-state index in [2.05, 4.69) is 10.6 Å². The van der Waals surface area contributed by atoms with Gasteiger partial charge in [0.15, 0.2) is 0 Å². The van der Waals surface area contributed by atoms with Gasteiger partial charge in [-0.2, -0.15) is 0 Å². The highest BCUT2D eigenvalue weighted by Crippen LogP contribution is 2.25. The molecule has 6 nitrogen and oxygen atoms in total. The normalized spacial score (nSPS) is 19.6. The van der Waals surface area contributed by atoms with Crippen LogP contribution in [0.2, 0.25) is 0 Å². The highest BCUT2D eigenvalue weighted by atomic mass is 35.5. The molecule has 1 aliphatic rings. The van der Waals surface area contributed by atoms with Crippen LogP contribution in [0.1, 0.15) is 12.0 Å². The van der Waals surface area contributed by atoms with Gasteiger partial charge in [-0.1, -0.05) is 18.2 Å². The van der Waals surface area contributed by atoms with Crippen LogP contribution in [0.3, 0.4) is 0 Å². The van der Waals surface area contributed by atoms with Gasteiger partial charge in [0.2, 0.25) is 5.91 Å². The molecule has 0 spiro atoms. The van der Waals surface area contributed by atoms with Gasteiger partial charge in [-0.15, -0.1) is 12.4 Å². The Kier molecular flexibility index (Phi) is 5.56. The summed E-state index contributed by atoms with van der Waals surface area (Å²) in [6, 6.07) is 4.99. The number of carbonyl (C=O) groups excluding carboxylic acids is 1. The van der Waals surface area contributed by atoms with Crippen molar-refractivity contribution in [3.8, 4) is 0 Å². The summed E-state index contributed by atoms with van der Waals surface area (Å²) >= 11 is 0. The van der Waals surface area contributed by atoms with Gasteiger partial charge in [0.25, 0.3) is 11.6 Å². The molecule has 1 amide bonds. The number of halogens is 3. The van der Waals surface area contributed by atoms with Gasteiger partial charge < -0.3 is 5.32 Å². The monoisotopic (exact) mass is 321 g/mol. The maximum Gasteiger partial charge on any atom is 0.274 e. The average Bonchev–Trinajstić information content (AvgIpc) is 2.76. The van der Waals surface area contributed by atoms with Crippen molar-refractivity contribution in [1.82, 2.24) is 10.6 Å². The SMILES string of the molecule is Cl.O=C(NCc1ccccc1[N+](=O)[O-])C1CC(F)(F)CN1. The molecular formula is C12H14ClF2N3O3. The van der Waals surface area contributed by atoms with Crippen molar-refractivity contribution in [3.63, 3.8) is 0 Å². The van der Waals surface area contributed by atoms with Crippen molar-refractivity contribution < 1.29 is 18.5 Å². The average molecular weight is 322 g/mol. The second kappa shape index (κ2) is 6.77. The Balaban J connectivity index is 0.00000220. The third-order valence-electron chi connectivity index (χ3n) is 3.07. The molecule has 0 aromatic heterocycles. The van der Waals surface area contributed by atoms with Crippen molar-refractivity contribution >= 4 is 24.0 Å². The summed E-state index contributed by atoms with van der Waals surface area (Å²) < 4.78 is 25.9. The van der Waals surface area contributed by atoms with Crippen LogP contribution >= 0.6 is 12.4 Å². The second-order valence-electron chi connectivity index (χ2n) is 4.60. The van der Waals surface area contributed by atoms with Crippen molar-refractivity contribution in [2.24, 2.45) is 0 Å². The first-order valence-corrected chi connectivity index (χ1v) is 6.00. The molecule has 0 radical (unpaired) electrons. The van der Waals surface area contributed by atoms with Gasteiger partial charge in [0.05, 0.1) is 17.5 Å². The van der Waals surface area contributed by atoms with Gasteiger partial charge in [0, 0.05) is 24.6 Å². The molecule has 1 aromatic rings. The number of nitrogens with one attached hydrogen (secondary N) is 2. The molecule has 1 saturated heterocycles. The number of hydrogen-bond donors (Lipinski definition) is 2. The first-order valence-electron chi connectivity index (χ1n) is 6.00. The molecule has 1 fully saturated rings. The van der Waals surface area contributed by atoms with E-state index in [1.165, 1.54) is 18.2 Å². The predicted molar refractivity (Wildman–Crippen MR) is 73.5 cm³/mol. The van der Waals surface area contributed by atoms with Gasteiger partial charge in [-0.25, -0.2) is 8.78 Å². The number of nitrogens with zero attached hydrogens (tertiary/aromatic N) is 1. The largest absolute Gasteiger partial charge is 0.350 e. The van der Waals surface area contributed by atoms with Crippen LogP contribution in [-0.4, -0.2) is 29.3 Å². The standard InChI is InChI=1S/C12H13F2N3O3.ClH/c13-12(14)5-9(16-7-12)11(18)15-6-8-3-1-2-4-10(8)17(19)20;/h1-4,9,16H,5-7H2,(H,15,18);1H. The first kappa shape index (κ1) is 17.3. The van der Waals surface area contributed by atoms with E-state index >= 15 is 0 Å². The molecule has 1 atom stereocenters. The lowest BCUT2D eigenvalue weighted by Gasteiger charge is -2.11. The zero-order chi connectivity index (χ0) is 14.8. The summed E-state index contributed by atoms with van der Waals surface area (Å²) in [6.45, 7) is -0.601. The number of para-hydroxylation sites is 1. The molecule has 0 bridgehead atoms. The third-order valence-corrected chi connectivity index (χ3v) is 3.07. The number of nitro groups is 1. The molecule has 1 aliphatic heterocycles. The Labute approximate surface area is 125 Å². The first-order chi connectivity index (χ1) is 9.39. The van der Waals surface area contributed by atoms with Crippen molar-refractivity contribution in [2.45, 2.75) is 24.9 Å². The maximum atomic E-state index is 13.0. The lowest BCUT2D eigenvalue weighted by atomic mass is 10.1. The lowest BCUT2D eigenvalue weighted by Crippen LogP contribution is -2.40. The number of carbonyl (C=O) groups is 1. The van der Waals surface area contributed by atoms with Gasteiger partial charge in [-0.05, 0) is 0 Å². The van der Waals surface area contributed by atoms with Gasteiger partial charge >= 0.3 is 0 Å². The van der Waals surface area contributed by atoms with Crippen LogP contribution in [0.15, 0.2) is 24.3 Å². The fraction of sp³-hybridized carbons (Fsp3) is 0.417. The topological polar surface area (TPSA) is 84.3 Å². The fourth-order valence-corrected chi connectivity index (χ4v) is 2.04. The Hall–Kier alpha value is -1.80. The van der Waals surface area contributed by atoms with Gasteiger partial charge in [-0.3, -0.25) is 20.2 Å².